The van der Waals surface area contributed by atoms with Crippen LogP contribution in [0.1, 0.15) is 5.56 Å². The van der Waals surface area contributed by atoms with E-state index in [-0.39, 0.29) is 17.4 Å². The molecular formula is C11H9IN2O3. The number of aromatic nitrogens is 2. The lowest BCUT2D eigenvalue weighted by atomic mass is 10.2. The number of aromatic hydroxyl groups is 1. The van der Waals surface area contributed by atoms with Crippen LogP contribution in [0.25, 0.3) is 0 Å². The van der Waals surface area contributed by atoms with Gasteiger partial charge in [0.15, 0.2) is 11.5 Å². The average Bonchev–Trinajstić information content (AvgIpc) is 2.30. The van der Waals surface area contributed by atoms with E-state index in [0.29, 0.717) is 9.13 Å². The zero-order valence-electron chi connectivity index (χ0n) is 8.90. The maximum atomic E-state index is 11.1. The largest absolute Gasteiger partial charge is 0.504 e. The summed E-state index contributed by atoms with van der Waals surface area (Å²) in [6, 6.07) is 5.13. The maximum Gasteiger partial charge on any atom is 0.348 e. The summed E-state index contributed by atoms with van der Waals surface area (Å²) in [5.74, 6) is 0.502. The molecule has 0 radical (unpaired) electrons. The van der Waals surface area contributed by atoms with Crippen molar-refractivity contribution in [3.8, 4) is 17.4 Å². The number of phenols is 1. The zero-order chi connectivity index (χ0) is 12.4. The Morgan fingerprint density at radius 3 is 3.00 bits per heavy atom. The Kier molecular flexibility index (Phi) is 3.32. The summed E-state index contributed by atoms with van der Waals surface area (Å²) < 4.78 is 6.07. The van der Waals surface area contributed by atoms with Crippen LogP contribution < -0.4 is 10.4 Å². The highest BCUT2D eigenvalue weighted by Crippen LogP contribution is 2.33. The van der Waals surface area contributed by atoms with Crippen LogP contribution in [0.2, 0.25) is 0 Å². The van der Waals surface area contributed by atoms with Crippen LogP contribution in [-0.2, 0) is 0 Å². The Balaban J connectivity index is 2.41. The molecular weight excluding hydrogens is 335 g/mol. The number of hydrogen-bond donors (Lipinski definition) is 2. The van der Waals surface area contributed by atoms with E-state index in [9.17, 15) is 9.90 Å². The fourth-order valence-electron chi connectivity index (χ4n) is 1.25. The van der Waals surface area contributed by atoms with E-state index in [1.807, 2.05) is 22.6 Å². The van der Waals surface area contributed by atoms with Gasteiger partial charge in [-0.1, -0.05) is 12.1 Å². The van der Waals surface area contributed by atoms with Crippen molar-refractivity contribution >= 4 is 22.6 Å². The number of aromatic amines is 1. The first-order chi connectivity index (χ1) is 8.08. The molecule has 17 heavy (non-hydrogen) atoms. The van der Waals surface area contributed by atoms with Gasteiger partial charge in [0.05, 0.1) is 3.57 Å². The van der Waals surface area contributed by atoms with E-state index in [1.165, 1.54) is 6.20 Å². The van der Waals surface area contributed by atoms with Crippen LogP contribution in [0.3, 0.4) is 0 Å². The van der Waals surface area contributed by atoms with Gasteiger partial charge in [-0.25, -0.2) is 4.79 Å². The number of phenolic OH excluding ortho intramolecular Hbond substituents is 1. The van der Waals surface area contributed by atoms with E-state index in [4.69, 9.17) is 4.74 Å². The van der Waals surface area contributed by atoms with Crippen molar-refractivity contribution in [2.24, 2.45) is 0 Å². The fourth-order valence-corrected chi connectivity index (χ4v) is 1.64. The van der Waals surface area contributed by atoms with Gasteiger partial charge in [-0.15, -0.1) is 0 Å². The summed E-state index contributed by atoms with van der Waals surface area (Å²) in [5, 5.41) is 9.78. The molecule has 0 spiro atoms. The predicted octanol–water partition coefficient (Wildman–Crippen LogP) is 2.18. The third-order valence-corrected chi connectivity index (χ3v) is 2.91. The summed E-state index contributed by atoms with van der Waals surface area (Å²) >= 11 is 1.98. The SMILES string of the molecule is Cc1cccc(Oc2nc(=O)[nH]cc2I)c1O. The maximum absolute atomic E-state index is 11.1. The van der Waals surface area contributed by atoms with Gasteiger partial charge in [0.25, 0.3) is 0 Å². The molecule has 0 aliphatic heterocycles. The zero-order valence-corrected chi connectivity index (χ0v) is 11.1. The minimum absolute atomic E-state index is 0.0466. The number of H-pyrrole nitrogens is 1. The predicted molar refractivity (Wildman–Crippen MR) is 70.5 cm³/mol. The second-order valence-corrected chi connectivity index (χ2v) is 4.54. The van der Waals surface area contributed by atoms with Crippen molar-refractivity contribution in [3.05, 3.63) is 44.0 Å². The van der Waals surface area contributed by atoms with Crippen molar-refractivity contribution in [1.29, 1.82) is 0 Å². The minimum Gasteiger partial charge on any atom is -0.504 e. The van der Waals surface area contributed by atoms with E-state index in [0.717, 1.165) is 0 Å². The van der Waals surface area contributed by atoms with E-state index < -0.39 is 5.69 Å². The highest BCUT2D eigenvalue weighted by molar-refractivity contribution is 14.1. The molecule has 2 rings (SSSR count). The normalized spacial score (nSPS) is 10.2. The van der Waals surface area contributed by atoms with Crippen LogP contribution in [-0.4, -0.2) is 15.1 Å². The highest BCUT2D eigenvalue weighted by atomic mass is 127. The molecule has 2 aromatic rings. The molecule has 1 heterocycles. The molecule has 0 saturated heterocycles. The van der Waals surface area contributed by atoms with E-state index >= 15 is 0 Å². The van der Waals surface area contributed by atoms with Crippen LogP contribution >= 0.6 is 22.6 Å². The van der Waals surface area contributed by atoms with Crippen molar-refractivity contribution in [1.82, 2.24) is 9.97 Å². The van der Waals surface area contributed by atoms with Gasteiger partial charge in [-0.3, -0.25) is 0 Å². The Morgan fingerprint density at radius 1 is 1.47 bits per heavy atom. The first-order valence-electron chi connectivity index (χ1n) is 4.79. The number of para-hydroxylation sites is 1. The van der Waals surface area contributed by atoms with Gasteiger partial charge in [-0.05, 0) is 41.1 Å². The standard InChI is InChI=1S/C11H9IN2O3/c1-6-3-2-4-8(9(6)15)17-10-7(12)5-13-11(16)14-10/h2-5,15H,1H3,(H,13,14,16). The molecule has 5 nitrogen and oxygen atoms in total. The van der Waals surface area contributed by atoms with Gasteiger partial charge >= 0.3 is 5.69 Å². The molecule has 1 aromatic carbocycles. The van der Waals surface area contributed by atoms with Crippen LogP contribution in [0.15, 0.2) is 29.2 Å². The number of benzene rings is 1. The highest BCUT2D eigenvalue weighted by Gasteiger charge is 2.10. The number of rotatable bonds is 2. The van der Waals surface area contributed by atoms with E-state index in [1.54, 1.807) is 25.1 Å². The van der Waals surface area contributed by atoms with Crippen molar-refractivity contribution in [2.75, 3.05) is 0 Å². The molecule has 1 aromatic heterocycles. The summed E-state index contributed by atoms with van der Waals surface area (Å²) in [6.07, 6.45) is 1.50. The number of nitrogens with zero attached hydrogens (tertiary/aromatic N) is 1. The first-order valence-corrected chi connectivity index (χ1v) is 5.87. The Labute approximate surface area is 111 Å². The van der Waals surface area contributed by atoms with Crippen molar-refractivity contribution < 1.29 is 9.84 Å². The molecule has 6 heteroatoms. The quantitative estimate of drug-likeness (QED) is 0.819. The van der Waals surface area contributed by atoms with Crippen molar-refractivity contribution in [2.45, 2.75) is 6.92 Å². The number of hydrogen-bond acceptors (Lipinski definition) is 4. The molecule has 2 N–H and O–H groups in total. The monoisotopic (exact) mass is 344 g/mol. The van der Waals surface area contributed by atoms with Gasteiger partial charge in [0.2, 0.25) is 5.88 Å². The Hall–Kier alpha value is -1.57. The van der Waals surface area contributed by atoms with Gasteiger partial charge in [0.1, 0.15) is 0 Å². The lowest BCUT2D eigenvalue weighted by Gasteiger charge is -2.08. The Morgan fingerprint density at radius 2 is 2.24 bits per heavy atom. The summed E-state index contributed by atoms with van der Waals surface area (Å²) in [4.78, 5) is 17.2. The fraction of sp³-hybridized carbons (Fsp3) is 0.0909. The first kappa shape index (κ1) is 11.9. The molecule has 0 atom stereocenters. The molecule has 0 saturated carbocycles. The van der Waals surface area contributed by atoms with Crippen molar-refractivity contribution in [3.63, 3.8) is 0 Å². The molecule has 88 valence electrons. The second-order valence-electron chi connectivity index (χ2n) is 3.38. The molecule has 0 aliphatic rings. The van der Waals surface area contributed by atoms with Gasteiger partial charge < -0.3 is 14.8 Å². The number of aryl methyl sites for hydroxylation is 1. The van der Waals surface area contributed by atoms with Crippen LogP contribution in [0.4, 0.5) is 0 Å². The Bertz CT molecular complexity index is 610. The lowest BCUT2D eigenvalue weighted by Crippen LogP contribution is -2.11. The third-order valence-electron chi connectivity index (χ3n) is 2.14. The number of nitrogens with one attached hydrogen (secondary N) is 1. The molecule has 0 amide bonds. The van der Waals surface area contributed by atoms with Crippen LogP contribution in [0, 0.1) is 10.5 Å². The molecule has 0 bridgehead atoms. The topological polar surface area (TPSA) is 75.2 Å². The third kappa shape index (κ3) is 2.57. The average molecular weight is 344 g/mol. The molecule has 0 aliphatic carbocycles. The van der Waals surface area contributed by atoms with Gasteiger partial charge in [0, 0.05) is 6.20 Å². The summed E-state index contributed by atoms with van der Waals surface area (Å²) in [5.41, 5.74) is 0.204. The summed E-state index contributed by atoms with van der Waals surface area (Å²) in [7, 11) is 0. The van der Waals surface area contributed by atoms with Crippen LogP contribution in [0.5, 0.6) is 17.4 Å². The lowest BCUT2D eigenvalue weighted by molar-refractivity contribution is 0.397. The summed E-state index contributed by atoms with van der Waals surface area (Å²) in [6.45, 7) is 1.76. The van der Waals surface area contributed by atoms with E-state index in [2.05, 4.69) is 9.97 Å². The number of ether oxygens (including phenoxy) is 1. The second kappa shape index (κ2) is 4.74. The molecule has 0 fully saturated rings. The number of halogens is 1. The smallest absolute Gasteiger partial charge is 0.348 e. The van der Waals surface area contributed by atoms with Gasteiger partial charge in [-0.2, -0.15) is 4.98 Å². The minimum atomic E-state index is -0.493. The molecule has 0 unspecified atom stereocenters.